The minimum atomic E-state index is -0.489. The third-order valence-electron chi connectivity index (χ3n) is 12.3. The van der Waals surface area contributed by atoms with Gasteiger partial charge < -0.3 is 0 Å². The van der Waals surface area contributed by atoms with Gasteiger partial charge in [-0.2, -0.15) is 0 Å². The normalized spacial score (nSPS) is 13.5. The van der Waals surface area contributed by atoms with Gasteiger partial charge in [0.15, 0.2) is 0 Å². The number of hydrogen-bond acceptors (Lipinski definition) is 0. The van der Waals surface area contributed by atoms with Crippen molar-refractivity contribution in [3.63, 3.8) is 0 Å². The van der Waals surface area contributed by atoms with Crippen LogP contribution in [0.25, 0.3) is 33.4 Å². The predicted molar refractivity (Wildman–Crippen MR) is 239 cm³/mol. The van der Waals surface area contributed by atoms with Gasteiger partial charge in [-0.1, -0.05) is 190 Å². The molecule has 0 aromatic heterocycles. The van der Waals surface area contributed by atoms with Gasteiger partial charge in [-0.15, -0.1) is 0 Å². The topological polar surface area (TPSA) is 0 Å². The maximum Gasteiger partial charge on any atom is 0.0713 e. The standard InChI is InChI=1S/C55H62/c1-11-13-15-39-17-21-41(22-18-39)43-25-29-45(30-26-43)55(46-31-27-44(28-32-46)42-23-19-40(20-24-42)16-14-12-2)51-35-49(53(5,6)7)37(3)33-47(51)48-34-38(4)50(36-52(48)55)54(8,9)10/h17-36H,11-16H2,1-10H3. The third-order valence-corrected chi connectivity index (χ3v) is 12.3. The number of benzene rings is 6. The molecule has 0 nitrogen and oxygen atoms in total. The molecule has 0 saturated carbocycles. The number of unbranched alkanes of at least 4 members (excludes halogenated alkanes) is 2. The Balaban J connectivity index is 1.46. The van der Waals surface area contributed by atoms with Crippen LogP contribution in [0.5, 0.6) is 0 Å². The first-order chi connectivity index (χ1) is 26.2. The molecule has 0 bridgehead atoms. The molecule has 1 aliphatic rings. The molecule has 0 heteroatoms. The average Bonchev–Trinajstić information content (AvgIpc) is 3.44. The summed E-state index contributed by atoms with van der Waals surface area (Å²) in [4.78, 5) is 0. The average molecular weight is 723 g/mol. The quantitative estimate of drug-likeness (QED) is 0.132. The molecule has 0 heterocycles. The zero-order chi connectivity index (χ0) is 39.1. The molecule has 0 atom stereocenters. The van der Waals surface area contributed by atoms with Crippen LogP contribution in [0.3, 0.4) is 0 Å². The Kier molecular flexibility index (Phi) is 10.6. The van der Waals surface area contributed by atoms with Crippen LogP contribution in [0, 0.1) is 13.8 Å². The van der Waals surface area contributed by atoms with Gasteiger partial charge in [-0.3, -0.25) is 0 Å². The van der Waals surface area contributed by atoms with Gasteiger partial charge in [-0.25, -0.2) is 0 Å². The van der Waals surface area contributed by atoms with E-state index in [0.717, 1.165) is 12.8 Å². The van der Waals surface area contributed by atoms with Gasteiger partial charge in [0.05, 0.1) is 5.41 Å². The molecule has 282 valence electrons. The summed E-state index contributed by atoms with van der Waals surface area (Å²) in [6.45, 7) is 23.3. The fourth-order valence-corrected chi connectivity index (χ4v) is 9.35. The second kappa shape index (κ2) is 15.1. The van der Waals surface area contributed by atoms with E-state index in [1.54, 1.807) is 0 Å². The highest BCUT2D eigenvalue weighted by Crippen LogP contribution is 2.58. The molecule has 0 spiro atoms. The molecule has 1 aliphatic carbocycles. The van der Waals surface area contributed by atoms with Gasteiger partial charge in [0.1, 0.15) is 0 Å². The summed E-state index contributed by atoms with van der Waals surface area (Å²) in [5.41, 5.74) is 21.1. The molecule has 0 amide bonds. The van der Waals surface area contributed by atoms with Crippen molar-refractivity contribution in [2.75, 3.05) is 0 Å². The molecular formula is C55H62. The highest BCUT2D eigenvalue weighted by Gasteiger charge is 2.47. The maximum atomic E-state index is 2.57. The van der Waals surface area contributed by atoms with E-state index in [2.05, 4.69) is 191 Å². The lowest BCUT2D eigenvalue weighted by molar-refractivity contribution is 0.582. The summed E-state index contributed by atoms with van der Waals surface area (Å²) >= 11 is 0. The van der Waals surface area contributed by atoms with Crippen LogP contribution in [0.15, 0.2) is 121 Å². The number of aryl methyl sites for hydroxylation is 4. The van der Waals surface area contributed by atoms with Gasteiger partial charge in [0, 0.05) is 0 Å². The van der Waals surface area contributed by atoms with Crippen molar-refractivity contribution in [3.05, 3.63) is 177 Å². The van der Waals surface area contributed by atoms with Crippen LogP contribution in [0.2, 0.25) is 0 Å². The smallest absolute Gasteiger partial charge is 0.0654 e. The third kappa shape index (κ3) is 7.26. The first-order valence-corrected chi connectivity index (χ1v) is 21.0. The molecule has 55 heavy (non-hydrogen) atoms. The highest BCUT2D eigenvalue weighted by molar-refractivity contribution is 5.88. The van der Waals surface area contributed by atoms with E-state index >= 15 is 0 Å². The van der Waals surface area contributed by atoms with Crippen molar-refractivity contribution < 1.29 is 0 Å². The van der Waals surface area contributed by atoms with E-state index in [1.807, 2.05) is 0 Å². The minimum absolute atomic E-state index is 0.00636. The zero-order valence-electron chi connectivity index (χ0n) is 35.3. The molecule has 0 fully saturated rings. The number of hydrogen-bond donors (Lipinski definition) is 0. The second-order valence-electron chi connectivity index (χ2n) is 18.4. The Labute approximate surface area is 333 Å². The Morgan fingerprint density at radius 1 is 0.418 bits per heavy atom. The number of fused-ring (bicyclic) bond motifs is 3. The molecule has 6 aromatic carbocycles. The van der Waals surface area contributed by atoms with Crippen molar-refractivity contribution in [1.82, 2.24) is 0 Å². The van der Waals surface area contributed by atoms with Crippen molar-refractivity contribution in [2.24, 2.45) is 0 Å². The monoisotopic (exact) mass is 722 g/mol. The molecule has 7 rings (SSSR count). The Morgan fingerprint density at radius 2 is 0.727 bits per heavy atom. The van der Waals surface area contributed by atoms with E-state index < -0.39 is 5.41 Å². The van der Waals surface area contributed by atoms with Crippen molar-refractivity contribution in [2.45, 2.75) is 124 Å². The van der Waals surface area contributed by atoms with Gasteiger partial charge in [-0.05, 0) is 139 Å². The predicted octanol–water partition coefficient (Wildman–Crippen LogP) is 15.3. The van der Waals surface area contributed by atoms with Crippen LogP contribution in [-0.4, -0.2) is 0 Å². The van der Waals surface area contributed by atoms with E-state index in [0.29, 0.717) is 0 Å². The maximum absolute atomic E-state index is 2.57. The molecular weight excluding hydrogens is 661 g/mol. The largest absolute Gasteiger partial charge is 0.0713 e. The molecule has 0 N–H and O–H groups in total. The summed E-state index contributed by atoms with van der Waals surface area (Å²) in [6, 6.07) is 47.8. The van der Waals surface area contributed by atoms with Crippen LogP contribution >= 0.6 is 0 Å². The van der Waals surface area contributed by atoms with Crippen LogP contribution in [-0.2, 0) is 29.1 Å². The first kappa shape index (κ1) is 38.6. The SMILES string of the molecule is CCCCc1ccc(-c2ccc(C3(c4ccc(-c5ccc(CCCC)cc5)cc4)c4cc(C(C)(C)C)c(C)cc4-c4cc(C)c(C(C)(C)C)cc43)cc2)cc1. The van der Waals surface area contributed by atoms with Crippen molar-refractivity contribution in [3.8, 4) is 33.4 Å². The van der Waals surface area contributed by atoms with Gasteiger partial charge >= 0.3 is 0 Å². The lowest BCUT2D eigenvalue weighted by atomic mass is 9.65. The van der Waals surface area contributed by atoms with Crippen LogP contribution in [0.1, 0.15) is 137 Å². The fourth-order valence-electron chi connectivity index (χ4n) is 9.35. The number of rotatable bonds is 10. The molecule has 0 radical (unpaired) electrons. The molecule has 0 aliphatic heterocycles. The fraction of sp³-hybridized carbons (Fsp3) is 0.345. The Bertz CT molecular complexity index is 2100. The molecule has 6 aromatic rings. The Hall–Kier alpha value is -4.68. The Morgan fingerprint density at radius 3 is 1.02 bits per heavy atom. The van der Waals surface area contributed by atoms with Gasteiger partial charge in [0.25, 0.3) is 0 Å². The minimum Gasteiger partial charge on any atom is -0.0654 e. The van der Waals surface area contributed by atoms with Crippen molar-refractivity contribution >= 4 is 0 Å². The van der Waals surface area contributed by atoms with E-state index in [-0.39, 0.29) is 10.8 Å². The van der Waals surface area contributed by atoms with E-state index in [4.69, 9.17) is 0 Å². The highest BCUT2D eigenvalue weighted by atomic mass is 14.5. The van der Waals surface area contributed by atoms with Crippen LogP contribution < -0.4 is 0 Å². The van der Waals surface area contributed by atoms with E-state index in [1.165, 1.54) is 115 Å². The van der Waals surface area contributed by atoms with Crippen molar-refractivity contribution in [1.29, 1.82) is 0 Å². The summed E-state index contributed by atoms with van der Waals surface area (Å²) in [6.07, 6.45) is 7.20. The van der Waals surface area contributed by atoms with Gasteiger partial charge in [0.2, 0.25) is 0 Å². The molecule has 0 saturated heterocycles. The summed E-state index contributed by atoms with van der Waals surface area (Å²) in [7, 11) is 0. The van der Waals surface area contributed by atoms with Crippen LogP contribution in [0.4, 0.5) is 0 Å². The summed E-state index contributed by atoms with van der Waals surface area (Å²) < 4.78 is 0. The lowest BCUT2D eigenvalue weighted by Gasteiger charge is -2.36. The second-order valence-corrected chi connectivity index (χ2v) is 18.4. The lowest BCUT2D eigenvalue weighted by Crippen LogP contribution is -2.30. The summed E-state index contributed by atoms with van der Waals surface area (Å²) in [5, 5.41) is 0. The zero-order valence-corrected chi connectivity index (χ0v) is 35.3. The van der Waals surface area contributed by atoms with E-state index in [9.17, 15) is 0 Å². The molecule has 0 unspecified atom stereocenters. The summed E-state index contributed by atoms with van der Waals surface area (Å²) in [5.74, 6) is 0. The first-order valence-electron chi connectivity index (χ1n) is 21.0.